The van der Waals surface area contributed by atoms with Gasteiger partial charge in [0.25, 0.3) is 0 Å². The lowest BCUT2D eigenvalue weighted by atomic mass is 9.87. The Morgan fingerprint density at radius 2 is 1.83 bits per heavy atom. The Hall–Kier alpha value is -2.51. The Morgan fingerprint density at radius 1 is 1.11 bits per heavy atom. The number of hydrogen-bond acceptors (Lipinski definition) is 3. The number of rotatable bonds is 7. The number of nitrogens with zero attached hydrogens (tertiary/aromatic N) is 2. The Morgan fingerprint density at radius 3 is 2.50 bits per heavy atom. The number of halogens is 3. The van der Waals surface area contributed by atoms with Gasteiger partial charge in [0.1, 0.15) is 29.7 Å². The minimum atomic E-state index is -1.53. The SMILES string of the molecule is C[C@H]1CCN(CCOc2cc(F)c([C@@H]3c4[nH]c5ccccc5c4C[C@@H](C)N3CC(C)(C)F)c(F)c2)C1. The Kier molecular flexibility index (Phi) is 6.81. The zero-order valence-electron chi connectivity index (χ0n) is 21.6. The van der Waals surface area contributed by atoms with Crippen LogP contribution in [0.15, 0.2) is 36.4 Å². The third kappa shape index (κ3) is 5.00. The first-order valence-electron chi connectivity index (χ1n) is 13.0. The number of alkyl halides is 1. The van der Waals surface area contributed by atoms with Crippen molar-refractivity contribution in [2.45, 2.75) is 58.3 Å². The van der Waals surface area contributed by atoms with Gasteiger partial charge in [-0.1, -0.05) is 25.1 Å². The summed E-state index contributed by atoms with van der Waals surface area (Å²) in [6, 6.07) is 9.54. The first-order chi connectivity index (χ1) is 17.1. The van der Waals surface area contributed by atoms with Crippen LogP contribution in [0.2, 0.25) is 0 Å². The second kappa shape index (κ2) is 9.75. The van der Waals surface area contributed by atoms with Gasteiger partial charge in [0.05, 0.1) is 6.04 Å². The number of fused-ring (bicyclic) bond motifs is 3. The van der Waals surface area contributed by atoms with Crippen molar-refractivity contribution in [1.82, 2.24) is 14.8 Å². The molecule has 4 nitrogen and oxygen atoms in total. The third-order valence-electron chi connectivity index (χ3n) is 7.59. The molecule has 36 heavy (non-hydrogen) atoms. The van der Waals surface area contributed by atoms with Crippen molar-refractivity contribution in [3.8, 4) is 5.75 Å². The Bertz CT molecular complexity index is 1210. The van der Waals surface area contributed by atoms with Crippen LogP contribution in [0.1, 0.15) is 57.0 Å². The average molecular weight is 500 g/mol. The van der Waals surface area contributed by atoms with Crippen molar-refractivity contribution in [3.63, 3.8) is 0 Å². The summed E-state index contributed by atoms with van der Waals surface area (Å²) in [6.07, 6.45) is 1.84. The standard InChI is InChI=1S/C29H36F3N3O/c1-18-9-10-34(16-18)11-12-36-20-14-23(30)26(24(31)15-20)28-27-22(21-7-5-6-8-25(21)33-27)13-19(2)35(28)17-29(3,4)32/h5-8,14-15,18-19,28,33H,9-13,16-17H2,1-4H3/t18-,19+,28+/m0/s1. The van der Waals surface area contributed by atoms with Crippen LogP contribution >= 0.6 is 0 Å². The molecule has 2 aromatic carbocycles. The number of benzene rings is 2. The van der Waals surface area contributed by atoms with Crippen LogP contribution in [0, 0.1) is 17.6 Å². The monoisotopic (exact) mass is 499 g/mol. The molecule has 3 aromatic rings. The zero-order chi connectivity index (χ0) is 25.6. The summed E-state index contributed by atoms with van der Waals surface area (Å²) in [5.74, 6) is -0.502. The van der Waals surface area contributed by atoms with E-state index in [0.29, 0.717) is 18.9 Å². The van der Waals surface area contributed by atoms with Gasteiger partial charge in [-0.15, -0.1) is 0 Å². The molecule has 2 aliphatic rings. The van der Waals surface area contributed by atoms with Crippen molar-refractivity contribution in [3.05, 3.63) is 64.9 Å². The summed E-state index contributed by atoms with van der Waals surface area (Å²) in [4.78, 5) is 7.60. The van der Waals surface area contributed by atoms with Crippen molar-refractivity contribution in [2.24, 2.45) is 5.92 Å². The maximum absolute atomic E-state index is 15.7. The maximum Gasteiger partial charge on any atom is 0.135 e. The van der Waals surface area contributed by atoms with Crippen molar-refractivity contribution in [1.29, 1.82) is 0 Å². The third-order valence-corrected chi connectivity index (χ3v) is 7.59. The van der Waals surface area contributed by atoms with Crippen LogP contribution in [0.4, 0.5) is 13.2 Å². The van der Waals surface area contributed by atoms with E-state index in [9.17, 15) is 4.39 Å². The molecule has 1 saturated heterocycles. The summed E-state index contributed by atoms with van der Waals surface area (Å²) < 4.78 is 52.0. The second-order valence-electron chi connectivity index (χ2n) is 11.3. The summed E-state index contributed by atoms with van der Waals surface area (Å²) in [7, 11) is 0. The average Bonchev–Trinajstić information content (AvgIpc) is 3.37. The summed E-state index contributed by atoms with van der Waals surface area (Å²) >= 11 is 0. The lowest BCUT2D eigenvalue weighted by Gasteiger charge is -2.43. The minimum Gasteiger partial charge on any atom is -0.492 e. The maximum atomic E-state index is 15.7. The fourth-order valence-electron chi connectivity index (χ4n) is 5.93. The van der Waals surface area contributed by atoms with Crippen molar-refractivity contribution < 1.29 is 17.9 Å². The number of ether oxygens (including phenoxy) is 1. The van der Waals surface area contributed by atoms with E-state index in [1.165, 1.54) is 32.4 Å². The van der Waals surface area contributed by atoms with E-state index in [1.54, 1.807) is 0 Å². The number of nitrogens with one attached hydrogen (secondary N) is 1. The number of likely N-dealkylation sites (tertiary alicyclic amines) is 1. The first kappa shape index (κ1) is 25.2. The van der Waals surface area contributed by atoms with Crippen LogP contribution in [0.5, 0.6) is 5.75 Å². The molecule has 1 fully saturated rings. The van der Waals surface area contributed by atoms with Gasteiger partial charge < -0.3 is 9.72 Å². The topological polar surface area (TPSA) is 31.5 Å². The van der Waals surface area contributed by atoms with E-state index < -0.39 is 23.3 Å². The predicted octanol–water partition coefficient (Wildman–Crippen LogP) is 6.25. The van der Waals surface area contributed by atoms with Crippen LogP contribution in [-0.2, 0) is 6.42 Å². The lowest BCUT2D eigenvalue weighted by Crippen LogP contribution is -2.48. The van der Waals surface area contributed by atoms with E-state index in [-0.39, 0.29) is 23.9 Å². The molecule has 0 radical (unpaired) electrons. The predicted molar refractivity (Wildman–Crippen MR) is 137 cm³/mol. The smallest absolute Gasteiger partial charge is 0.135 e. The molecular weight excluding hydrogens is 463 g/mol. The van der Waals surface area contributed by atoms with Gasteiger partial charge in [-0.2, -0.15) is 0 Å². The van der Waals surface area contributed by atoms with Crippen molar-refractivity contribution in [2.75, 3.05) is 32.8 Å². The van der Waals surface area contributed by atoms with Gasteiger partial charge >= 0.3 is 0 Å². The molecule has 0 saturated carbocycles. The highest BCUT2D eigenvalue weighted by atomic mass is 19.1. The molecule has 2 aliphatic heterocycles. The fourth-order valence-corrected chi connectivity index (χ4v) is 5.93. The van der Waals surface area contributed by atoms with E-state index in [0.717, 1.165) is 41.8 Å². The molecular formula is C29H36F3N3O. The van der Waals surface area contributed by atoms with Gasteiger partial charge in [-0.05, 0) is 57.7 Å². The van der Waals surface area contributed by atoms with E-state index in [4.69, 9.17) is 4.74 Å². The number of aromatic nitrogens is 1. The molecule has 1 N–H and O–H groups in total. The van der Waals surface area contributed by atoms with Crippen molar-refractivity contribution >= 4 is 10.9 Å². The number of H-pyrrole nitrogens is 1. The van der Waals surface area contributed by atoms with Crippen LogP contribution in [0.3, 0.4) is 0 Å². The molecule has 0 aliphatic carbocycles. The highest BCUT2D eigenvalue weighted by Gasteiger charge is 2.41. The zero-order valence-corrected chi connectivity index (χ0v) is 21.6. The normalized spacial score (nSPS) is 23.4. The molecule has 0 spiro atoms. The molecule has 1 aromatic heterocycles. The molecule has 0 amide bonds. The Labute approximate surface area is 211 Å². The van der Waals surface area contributed by atoms with E-state index in [1.807, 2.05) is 36.1 Å². The van der Waals surface area contributed by atoms with Crippen LogP contribution < -0.4 is 4.74 Å². The summed E-state index contributed by atoms with van der Waals surface area (Å²) in [5, 5.41) is 1.04. The van der Waals surface area contributed by atoms with Gasteiger partial charge in [0.2, 0.25) is 0 Å². The highest BCUT2D eigenvalue weighted by molar-refractivity contribution is 5.85. The summed E-state index contributed by atoms with van der Waals surface area (Å²) in [5.41, 5.74) is 1.08. The fraction of sp³-hybridized carbons (Fsp3) is 0.517. The lowest BCUT2D eigenvalue weighted by molar-refractivity contribution is 0.0642. The Balaban J connectivity index is 1.49. The van der Waals surface area contributed by atoms with Crippen LogP contribution in [0.25, 0.3) is 10.9 Å². The number of hydrogen-bond donors (Lipinski definition) is 1. The molecule has 0 bridgehead atoms. The largest absolute Gasteiger partial charge is 0.492 e. The molecule has 5 rings (SSSR count). The second-order valence-corrected chi connectivity index (χ2v) is 11.3. The van der Waals surface area contributed by atoms with E-state index in [2.05, 4.69) is 16.8 Å². The van der Waals surface area contributed by atoms with Gasteiger partial charge in [-0.25, -0.2) is 13.2 Å². The molecule has 7 heteroatoms. The first-order valence-corrected chi connectivity index (χ1v) is 13.0. The quantitative estimate of drug-likeness (QED) is 0.417. The molecule has 3 atom stereocenters. The summed E-state index contributed by atoms with van der Waals surface area (Å²) in [6.45, 7) is 10.4. The van der Waals surface area contributed by atoms with Gasteiger partial charge in [0, 0.05) is 60.0 Å². The highest BCUT2D eigenvalue weighted by Crippen LogP contribution is 2.43. The van der Waals surface area contributed by atoms with E-state index >= 15 is 8.78 Å². The van der Waals surface area contributed by atoms with Crippen LogP contribution in [-0.4, -0.2) is 59.3 Å². The molecule has 194 valence electrons. The van der Waals surface area contributed by atoms with Gasteiger partial charge in [0.15, 0.2) is 0 Å². The van der Waals surface area contributed by atoms with Gasteiger partial charge in [-0.3, -0.25) is 9.80 Å². The molecule has 3 heterocycles. The minimum absolute atomic E-state index is 0.0546. The molecule has 0 unspecified atom stereocenters. The number of para-hydroxylation sites is 1. The number of aromatic amines is 1.